The maximum Gasteiger partial charge on any atom is 0.433 e. The Hall–Kier alpha value is -1.30. The lowest BCUT2D eigenvalue weighted by Crippen LogP contribution is -2.41. The lowest BCUT2D eigenvalue weighted by molar-refractivity contribution is -0.141. The highest BCUT2D eigenvalue weighted by Gasteiger charge is 2.38. The fourth-order valence-electron chi connectivity index (χ4n) is 3.23. The molecule has 2 fully saturated rings. The molecule has 2 aliphatic rings. The van der Waals surface area contributed by atoms with E-state index in [1.54, 1.807) is 6.07 Å². The Bertz CT molecular complexity index is 473. The quantitative estimate of drug-likeness (QED) is 0.797. The van der Waals surface area contributed by atoms with Crippen molar-refractivity contribution >= 4 is 5.69 Å². The second-order valence-corrected chi connectivity index (χ2v) is 5.81. The maximum atomic E-state index is 12.7. The van der Waals surface area contributed by atoms with Gasteiger partial charge in [-0.15, -0.1) is 0 Å². The molecule has 2 saturated heterocycles. The fraction of sp³-hybridized carbons (Fsp3) is 0.722. The number of alkyl halides is 3. The number of nitrogens with one attached hydrogen (secondary N) is 1. The topological polar surface area (TPSA) is 28.2 Å². The molecule has 0 amide bonds. The van der Waals surface area contributed by atoms with Crippen LogP contribution >= 0.6 is 0 Å². The monoisotopic (exact) mass is 345 g/mol. The molecule has 24 heavy (non-hydrogen) atoms. The lowest BCUT2D eigenvalue weighted by atomic mass is 9.78. The third-order valence-electron chi connectivity index (χ3n) is 4.56. The Morgan fingerprint density at radius 2 is 1.71 bits per heavy atom. The molecule has 1 N–H and O–H groups in total. The molecule has 2 aliphatic heterocycles. The van der Waals surface area contributed by atoms with Gasteiger partial charge in [-0.1, -0.05) is 27.7 Å². The number of hydrogen-bond acceptors (Lipinski definition) is 3. The molecule has 138 valence electrons. The van der Waals surface area contributed by atoms with E-state index in [0.29, 0.717) is 11.1 Å². The number of halogens is 3. The van der Waals surface area contributed by atoms with Crippen molar-refractivity contribution in [3.63, 3.8) is 0 Å². The number of aromatic nitrogens is 1. The van der Waals surface area contributed by atoms with Crippen molar-refractivity contribution in [2.75, 3.05) is 31.1 Å². The van der Waals surface area contributed by atoms with E-state index in [-0.39, 0.29) is 0 Å². The highest BCUT2D eigenvalue weighted by atomic mass is 19.4. The molecule has 0 aromatic carbocycles. The SMILES string of the molecule is CC.CC.FC(F)(F)c1cc(N2CCC3(CCNC3)CC2)ccn1. The van der Waals surface area contributed by atoms with Crippen LogP contribution in [0.5, 0.6) is 0 Å². The molecule has 3 heterocycles. The molecule has 0 bridgehead atoms. The van der Waals surface area contributed by atoms with Gasteiger partial charge in [-0.05, 0) is 43.4 Å². The number of hydrogen-bond donors (Lipinski definition) is 1. The molecular weight excluding hydrogens is 315 g/mol. The van der Waals surface area contributed by atoms with Crippen LogP contribution in [-0.4, -0.2) is 31.2 Å². The van der Waals surface area contributed by atoms with Crippen molar-refractivity contribution in [3.8, 4) is 0 Å². The molecule has 3 rings (SSSR count). The molecule has 0 saturated carbocycles. The molecule has 1 spiro atoms. The lowest BCUT2D eigenvalue weighted by Gasteiger charge is -2.40. The van der Waals surface area contributed by atoms with Crippen molar-refractivity contribution < 1.29 is 13.2 Å². The summed E-state index contributed by atoms with van der Waals surface area (Å²) in [6.45, 7) is 11.8. The smallest absolute Gasteiger partial charge is 0.371 e. The summed E-state index contributed by atoms with van der Waals surface area (Å²) in [6.07, 6.45) is 0.153. The third kappa shape index (κ3) is 5.10. The Labute approximate surface area is 143 Å². The van der Waals surface area contributed by atoms with Gasteiger partial charge in [0.25, 0.3) is 0 Å². The molecule has 0 radical (unpaired) electrons. The summed E-state index contributed by atoms with van der Waals surface area (Å²) in [5.41, 5.74) is 0.196. The van der Waals surface area contributed by atoms with Gasteiger partial charge in [-0.25, -0.2) is 0 Å². The number of piperidine rings is 1. The van der Waals surface area contributed by atoms with E-state index in [0.717, 1.165) is 45.1 Å². The largest absolute Gasteiger partial charge is 0.433 e. The summed E-state index contributed by atoms with van der Waals surface area (Å²) < 4.78 is 38.1. The minimum atomic E-state index is -4.37. The van der Waals surface area contributed by atoms with Crippen LogP contribution in [0.2, 0.25) is 0 Å². The van der Waals surface area contributed by atoms with Crippen LogP contribution in [0, 0.1) is 5.41 Å². The van der Waals surface area contributed by atoms with Gasteiger partial charge in [0.05, 0.1) is 0 Å². The Morgan fingerprint density at radius 1 is 1.08 bits per heavy atom. The zero-order valence-electron chi connectivity index (χ0n) is 15.2. The maximum absolute atomic E-state index is 12.7. The number of anilines is 1. The molecule has 1 aromatic heterocycles. The van der Waals surface area contributed by atoms with E-state index >= 15 is 0 Å². The first-order valence-electron chi connectivity index (χ1n) is 8.98. The Kier molecular flexibility index (Phi) is 8.00. The third-order valence-corrected chi connectivity index (χ3v) is 4.56. The van der Waals surface area contributed by atoms with E-state index in [1.807, 2.05) is 32.6 Å². The predicted molar refractivity (Wildman–Crippen MR) is 93.3 cm³/mol. The minimum Gasteiger partial charge on any atom is -0.371 e. The van der Waals surface area contributed by atoms with Crippen LogP contribution in [0.15, 0.2) is 18.3 Å². The predicted octanol–water partition coefficient (Wildman–Crippen LogP) is 4.73. The van der Waals surface area contributed by atoms with Gasteiger partial charge in [0, 0.05) is 31.5 Å². The summed E-state index contributed by atoms with van der Waals surface area (Å²) in [5, 5.41) is 3.39. The minimum absolute atomic E-state index is 0.371. The summed E-state index contributed by atoms with van der Waals surface area (Å²) in [5.74, 6) is 0. The fourth-order valence-corrected chi connectivity index (χ4v) is 3.23. The van der Waals surface area contributed by atoms with Crippen molar-refractivity contribution in [3.05, 3.63) is 24.0 Å². The number of pyridine rings is 1. The average Bonchev–Trinajstić information content (AvgIpc) is 3.07. The molecule has 1 aromatic rings. The first-order valence-corrected chi connectivity index (χ1v) is 8.98. The highest BCUT2D eigenvalue weighted by molar-refractivity contribution is 5.47. The van der Waals surface area contributed by atoms with E-state index in [9.17, 15) is 13.2 Å². The van der Waals surface area contributed by atoms with Crippen molar-refractivity contribution in [1.29, 1.82) is 0 Å². The summed E-state index contributed by atoms with van der Waals surface area (Å²) >= 11 is 0. The van der Waals surface area contributed by atoms with Crippen LogP contribution in [0.3, 0.4) is 0 Å². The van der Waals surface area contributed by atoms with Gasteiger partial charge in [-0.2, -0.15) is 13.2 Å². The van der Waals surface area contributed by atoms with E-state index < -0.39 is 11.9 Å². The molecule has 3 nitrogen and oxygen atoms in total. The van der Waals surface area contributed by atoms with Gasteiger partial charge >= 0.3 is 6.18 Å². The van der Waals surface area contributed by atoms with Gasteiger partial charge in [0.15, 0.2) is 0 Å². The average molecular weight is 345 g/mol. The first-order chi connectivity index (χ1) is 11.5. The van der Waals surface area contributed by atoms with Crippen LogP contribution in [0.4, 0.5) is 18.9 Å². The molecule has 0 atom stereocenters. The summed E-state index contributed by atoms with van der Waals surface area (Å²) in [6, 6.07) is 2.82. The van der Waals surface area contributed by atoms with Gasteiger partial charge < -0.3 is 10.2 Å². The van der Waals surface area contributed by atoms with E-state index in [1.165, 1.54) is 12.6 Å². The van der Waals surface area contributed by atoms with Crippen LogP contribution in [0.1, 0.15) is 52.7 Å². The second kappa shape index (κ2) is 9.25. The number of nitrogens with zero attached hydrogens (tertiary/aromatic N) is 2. The summed E-state index contributed by atoms with van der Waals surface area (Å²) in [7, 11) is 0. The van der Waals surface area contributed by atoms with Crippen molar-refractivity contribution in [2.45, 2.75) is 53.1 Å². The molecule has 0 unspecified atom stereocenters. The Morgan fingerprint density at radius 3 is 2.21 bits per heavy atom. The zero-order chi connectivity index (χ0) is 18.2. The normalized spacial score (nSPS) is 19.2. The standard InChI is InChI=1S/C14H18F3N3.2C2H6/c15-14(16,17)12-9-11(1-5-19-12)20-7-3-13(4-8-20)2-6-18-10-13;2*1-2/h1,5,9,18H,2-4,6-8,10H2;2*1-2H3. The second-order valence-electron chi connectivity index (χ2n) is 5.81. The van der Waals surface area contributed by atoms with Crippen molar-refractivity contribution in [2.24, 2.45) is 5.41 Å². The zero-order valence-corrected chi connectivity index (χ0v) is 15.2. The van der Waals surface area contributed by atoms with Gasteiger partial charge in [0.2, 0.25) is 0 Å². The highest BCUT2D eigenvalue weighted by Crippen LogP contribution is 2.38. The van der Waals surface area contributed by atoms with E-state index in [2.05, 4.69) is 10.3 Å². The molecular formula is C18H30F3N3. The Balaban J connectivity index is 0.000000671. The van der Waals surface area contributed by atoms with E-state index in [4.69, 9.17) is 0 Å². The van der Waals surface area contributed by atoms with Crippen LogP contribution < -0.4 is 10.2 Å². The summed E-state index contributed by atoms with van der Waals surface area (Å²) in [4.78, 5) is 5.46. The van der Waals surface area contributed by atoms with Crippen LogP contribution in [-0.2, 0) is 6.18 Å². The molecule has 6 heteroatoms. The number of rotatable bonds is 1. The van der Waals surface area contributed by atoms with Crippen molar-refractivity contribution in [1.82, 2.24) is 10.3 Å². The first kappa shape index (κ1) is 20.7. The van der Waals surface area contributed by atoms with Crippen LogP contribution in [0.25, 0.3) is 0 Å². The van der Waals surface area contributed by atoms with Gasteiger partial charge in [0.1, 0.15) is 5.69 Å². The molecule has 0 aliphatic carbocycles. The van der Waals surface area contributed by atoms with Gasteiger partial charge in [-0.3, -0.25) is 4.98 Å².